The number of ether oxygens (including phenoxy) is 1. The summed E-state index contributed by atoms with van der Waals surface area (Å²) in [6.45, 7) is 0. The SMILES string of the molecule is Oc1cc(-c2ccn[nH]2)ccc1-c1ccc(OC2CC3CCCC(C2)N3)nn1. The number of hydrogen-bond acceptors (Lipinski definition) is 6. The van der Waals surface area contributed by atoms with Gasteiger partial charge in [-0.15, -0.1) is 10.2 Å². The molecular weight excluding hydrogens is 354 g/mol. The molecule has 2 aliphatic heterocycles. The van der Waals surface area contributed by atoms with Gasteiger partial charge in [0, 0.05) is 35.5 Å². The van der Waals surface area contributed by atoms with E-state index in [2.05, 4.69) is 25.7 Å². The second kappa shape index (κ2) is 7.24. The molecule has 4 heterocycles. The Hall–Kier alpha value is -2.93. The maximum Gasteiger partial charge on any atom is 0.233 e. The number of phenolic OH excluding ortho intramolecular Hbond substituents is 1. The molecule has 2 aliphatic rings. The van der Waals surface area contributed by atoms with Gasteiger partial charge in [-0.25, -0.2) is 0 Å². The lowest BCUT2D eigenvalue weighted by molar-refractivity contribution is 0.0881. The van der Waals surface area contributed by atoms with Crippen molar-refractivity contribution < 1.29 is 9.84 Å². The first-order valence-electron chi connectivity index (χ1n) is 9.84. The van der Waals surface area contributed by atoms with Gasteiger partial charge in [-0.3, -0.25) is 5.10 Å². The number of hydrogen-bond donors (Lipinski definition) is 3. The van der Waals surface area contributed by atoms with E-state index in [4.69, 9.17) is 4.74 Å². The molecule has 1 aromatic carbocycles. The van der Waals surface area contributed by atoms with Gasteiger partial charge in [-0.05, 0) is 49.9 Å². The van der Waals surface area contributed by atoms with Gasteiger partial charge >= 0.3 is 0 Å². The summed E-state index contributed by atoms with van der Waals surface area (Å²) < 4.78 is 6.09. The van der Waals surface area contributed by atoms with E-state index in [1.54, 1.807) is 12.3 Å². The van der Waals surface area contributed by atoms with Crippen LogP contribution in [0.15, 0.2) is 42.6 Å². The van der Waals surface area contributed by atoms with E-state index >= 15 is 0 Å². The summed E-state index contributed by atoms with van der Waals surface area (Å²) in [6.07, 6.45) is 7.69. The van der Waals surface area contributed by atoms with Crippen LogP contribution in [-0.2, 0) is 0 Å². The summed E-state index contributed by atoms with van der Waals surface area (Å²) in [5.41, 5.74) is 2.97. The molecule has 0 spiro atoms. The van der Waals surface area contributed by atoms with Gasteiger partial charge in [-0.2, -0.15) is 5.10 Å². The molecule has 144 valence electrons. The molecular formula is C21H23N5O2. The standard InChI is InChI=1S/C21H23N5O2/c27-20-10-13(18-8-9-22-24-18)4-5-17(20)19-6-7-21(26-25-19)28-16-11-14-2-1-3-15(12-16)23-14/h4-10,14-16,23,27H,1-3,11-12H2,(H,22,24). The number of nitrogens with zero attached hydrogens (tertiary/aromatic N) is 3. The number of fused-ring (bicyclic) bond motifs is 2. The number of phenols is 1. The van der Waals surface area contributed by atoms with Crippen LogP contribution in [0, 0.1) is 0 Å². The van der Waals surface area contributed by atoms with E-state index in [0.717, 1.165) is 24.1 Å². The number of aromatic amines is 1. The summed E-state index contributed by atoms with van der Waals surface area (Å²) in [5.74, 6) is 0.698. The Labute approximate surface area is 163 Å². The minimum absolute atomic E-state index is 0.154. The Balaban J connectivity index is 1.30. The van der Waals surface area contributed by atoms with Crippen LogP contribution in [-0.4, -0.2) is 43.7 Å². The second-order valence-electron chi connectivity index (χ2n) is 7.66. The molecule has 5 rings (SSSR count). The van der Waals surface area contributed by atoms with Crippen LogP contribution in [0.1, 0.15) is 32.1 Å². The molecule has 0 amide bonds. The van der Waals surface area contributed by atoms with Crippen molar-refractivity contribution in [3.8, 4) is 34.1 Å². The highest BCUT2D eigenvalue weighted by Gasteiger charge is 2.32. The fourth-order valence-corrected chi connectivity index (χ4v) is 4.34. The van der Waals surface area contributed by atoms with Gasteiger partial charge in [0.25, 0.3) is 0 Å². The monoisotopic (exact) mass is 377 g/mol. The Kier molecular flexibility index (Phi) is 4.44. The van der Waals surface area contributed by atoms with Crippen molar-refractivity contribution in [2.45, 2.75) is 50.3 Å². The van der Waals surface area contributed by atoms with Crippen molar-refractivity contribution in [1.82, 2.24) is 25.7 Å². The fraction of sp³-hybridized carbons (Fsp3) is 0.381. The molecule has 2 atom stereocenters. The van der Waals surface area contributed by atoms with E-state index in [0.29, 0.717) is 29.2 Å². The third-order valence-electron chi connectivity index (χ3n) is 5.68. The van der Waals surface area contributed by atoms with Crippen LogP contribution >= 0.6 is 0 Å². The van der Waals surface area contributed by atoms with Crippen molar-refractivity contribution in [2.75, 3.05) is 0 Å². The molecule has 3 N–H and O–H groups in total. The molecule has 2 aromatic heterocycles. The normalized spacial score (nSPS) is 24.1. The quantitative estimate of drug-likeness (QED) is 0.646. The topological polar surface area (TPSA) is 96.0 Å². The van der Waals surface area contributed by atoms with Gasteiger partial charge in [0.15, 0.2) is 0 Å². The molecule has 3 aromatic rings. The smallest absolute Gasteiger partial charge is 0.233 e. The zero-order valence-corrected chi connectivity index (χ0v) is 15.5. The van der Waals surface area contributed by atoms with E-state index < -0.39 is 0 Å². The summed E-state index contributed by atoms with van der Waals surface area (Å²) in [7, 11) is 0. The van der Waals surface area contributed by atoms with Crippen molar-refractivity contribution in [3.05, 3.63) is 42.6 Å². The Morgan fingerprint density at radius 2 is 1.86 bits per heavy atom. The summed E-state index contributed by atoms with van der Waals surface area (Å²) in [5, 5.41) is 29.4. The molecule has 2 bridgehead atoms. The molecule has 28 heavy (non-hydrogen) atoms. The van der Waals surface area contributed by atoms with Crippen molar-refractivity contribution in [3.63, 3.8) is 0 Å². The van der Waals surface area contributed by atoms with Crippen LogP contribution in [0.3, 0.4) is 0 Å². The van der Waals surface area contributed by atoms with E-state index in [9.17, 15) is 5.11 Å². The minimum Gasteiger partial charge on any atom is -0.507 e. The maximum absolute atomic E-state index is 10.4. The molecule has 7 nitrogen and oxygen atoms in total. The highest BCUT2D eigenvalue weighted by Crippen LogP contribution is 2.32. The van der Waals surface area contributed by atoms with Crippen LogP contribution < -0.4 is 10.1 Å². The summed E-state index contributed by atoms with van der Waals surface area (Å²) in [4.78, 5) is 0. The average Bonchev–Trinajstić information content (AvgIpc) is 3.23. The van der Waals surface area contributed by atoms with Crippen LogP contribution in [0.2, 0.25) is 0 Å². The summed E-state index contributed by atoms with van der Waals surface area (Å²) >= 11 is 0. The largest absolute Gasteiger partial charge is 0.507 e. The number of H-pyrrole nitrogens is 1. The Morgan fingerprint density at radius 3 is 2.54 bits per heavy atom. The molecule has 0 radical (unpaired) electrons. The Morgan fingerprint density at radius 1 is 1.00 bits per heavy atom. The molecule has 2 fully saturated rings. The number of rotatable bonds is 4. The predicted octanol–water partition coefficient (Wildman–Crippen LogP) is 3.29. The van der Waals surface area contributed by atoms with Crippen LogP contribution in [0.25, 0.3) is 22.5 Å². The first-order valence-corrected chi connectivity index (χ1v) is 9.84. The molecule has 7 heteroatoms. The second-order valence-corrected chi connectivity index (χ2v) is 7.66. The van der Waals surface area contributed by atoms with Crippen LogP contribution in [0.4, 0.5) is 0 Å². The first kappa shape index (κ1) is 17.2. The average molecular weight is 377 g/mol. The predicted molar refractivity (Wildman–Crippen MR) is 105 cm³/mol. The third kappa shape index (κ3) is 3.45. The number of aromatic nitrogens is 4. The lowest BCUT2D eigenvalue weighted by Gasteiger charge is -2.39. The summed E-state index contributed by atoms with van der Waals surface area (Å²) in [6, 6.07) is 12.1. The molecule has 2 unspecified atom stereocenters. The highest BCUT2D eigenvalue weighted by atomic mass is 16.5. The Bertz CT molecular complexity index is 930. The van der Waals surface area contributed by atoms with E-state index in [-0.39, 0.29) is 11.9 Å². The third-order valence-corrected chi connectivity index (χ3v) is 5.68. The number of nitrogens with one attached hydrogen (secondary N) is 2. The number of aromatic hydroxyl groups is 1. The van der Waals surface area contributed by atoms with Crippen molar-refractivity contribution >= 4 is 0 Å². The minimum atomic E-state index is 0.154. The van der Waals surface area contributed by atoms with Crippen molar-refractivity contribution in [2.24, 2.45) is 0 Å². The van der Waals surface area contributed by atoms with E-state index in [1.807, 2.05) is 30.3 Å². The number of piperidine rings is 2. The lowest BCUT2D eigenvalue weighted by Crippen LogP contribution is -2.51. The number of benzene rings is 1. The van der Waals surface area contributed by atoms with Gasteiger partial charge in [0.05, 0.1) is 11.4 Å². The van der Waals surface area contributed by atoms with Gasteiger partial charge in [0.1, 0.15) is 11.9 Å². The maximum atomic E-state index is 10.4. The first-order chi connectivity index (χ1) is 13.7. The lowest BCUT2D eigenvalue weighted by atomic mass is 9.85. The zero-order chi connectivity index (χ0) is 18.9. The molecule has 0 saturated carbocycles. The highest BCUT2D eigenvalue weighted by molar-refractivity contribution is 5.72. The van der Waals surface area contributed by atoms with Gasteiger partial charge in [0.2, 0.25) is 5.88 Å². The zero-order valence-electron chi connectivity index (χ0n) is 15.5. The molecule has 0 aliphatic carbocycles. The van der Waals surface area contributed by atoms with Crippen LogP contribution in [0.5, 0.6) is 11.6 Å². The van der Waals surface area contributed by atoms with Crippen molar-refractivity contribution in [1.29, 1.82) is 0 Å². The van der Waals surface area contributed by atoms with Gasteiger partial charge < -0.3 is 15.2 Å². The molecule has 2 saturated heterocycles. The van der Waals surface area contributed by atoms with E-state index in [1.165, 1.54) is 19.3 Å². The fourth-order valence-electron chi connectivity index (χ4n) is 4.34. The van der Waals surface area contributed by atoms with Gasteiger partial charge in [-0.1, -0.05) is 12.5 Å².